The standard InChI is InChI=1S/C20H24N6O5/c1-3-30-19(28)17-13(2)21-20-22-23-24-26(20)18(17)14-4-6-15(7-5-14)31-12-16(27)25-8-10-29-11-9-25/h4-7,18H,3,8-12H2,1-2H3,(H,21,22,24). The summed E-state index contributed by atoms with van der Waals surface area (Å²) < 4.78 is 17.7. The molecule has 3 heterocycles. The number of benzene rings is 1. The van der Waals surface area contributed by atoms with Crippen molar-refractivity contribution in [2.45, 2.75) is 19.9 Å². The van der Waals surface area contributed by atoms with Gasteiger partial charge in [0.15, 0.2) is 6.61 Å². The number of rotatable bonds is 6. The first-order valence-corrected chi connectivity index (χ1v) is 10.1. The molecule has 1 aromatic heterocycles. The van der Waals surface area contributed by atoms with Crippen LogP contribution in [0.15, 0.2) is 35.5 Å². The molecule has 1 saturated heterocycles. The van der Waals surface area contributed by atoms with Crippen molar-refractivity contribution in [1.29, 1.82) is 0 Å². The number of carbonyl (C=O) groups excluding carboxylic acids is 2. The number of anilines is 1. The van der Waals surface area contributed by atoms with E-state index in [9.17, 15) is 9.59 Å². The van der Waals surface area contributed by atoms with Crippen molar-refractivity contribution in [3.8, 4) is 5.75 Å². The van der Waals surface area contributed by atoms with Gasteiger partial charge in [0.25, 0.3) is 5.91 Å². The Labute approximate surface area is 178 Å². The molecule has 1 unspecified atom stereocenters. The van der Waals surface area contributed by atoms with E-state index in [1.54, 1.807) is 30.9 Å². The molecule has 0 spiro atoms. The number of nitrogens with one attached hydrogen (secondary N) is 1. The molecule has 1 atom stereocenters. The first-order valence-electron chi connectivity index (χ1n) is 10.1. The first kappa shape index (κ1) is 20.8. The third-order valence-corrected chi connectivity index (χ3v) is 5.13. The molecular formula is C20H24N6O5. The number of allylic oxidation sites excluding steroid dienone is 1. The Balaban J connectivity index is 1.51. The van der Waals surface area contributed by atoms with Crippen LogP contribution in [0, 0.1) is 0 Å². The van der Waals surface area contributed by atoms with Gasteiger partial charge in [-0.2, -0.15) is 4.68 Å². The highest BCUT2D eigenvalue weighted by molar-refractivity contribution is 5.92. The molecule has 31 heavy (non-hydrogen) atoms. The Morgan fingerprint density at radius 2 is 1.97 bits per heavy atom. The Bertz CT molecular complexity index is 980. The maximum atomic E-state index is 12.6. The van der Waals surface area contributed by atoms with Crippen LogP contribution in [0.1, 0.15) is 25.5 Å². The van der Waals surface area contributed by atoms with E-state index < -0.39 is 12.0 Å². The van der Waals surface area contributed by atoms with Gasteiger partial charge in [-0.1, -0.05) is 17.2 Å². The van der Waals surface area contributed by atoms with E-state index in [-0.39, 0.29) is 19.1 Å². The molecule has 4 rings (SSSR count). The third-order valence-electron chi connectivity index (χ3n) is 5.13. The number of carbonyl (C=O) groups is 2. The number of morpholine rings is 1. The van der Waals surface area contributed by atoms with Crippen LogP contribution in [-0.4, -0.2) is 76.5 Å². The number of nitrogens with zero attached hydrogens (tertiary/aromatic N) is 5. The second-order valence-electron chi connectivity index (χ2n) is 7.08. The highest BCUT2D eigenvalue weighted by atomic mass is 16.5. The average Bonchev–Trinajstić information content (AvgIpc) is 3.25. The van der Waals surface area contributed by atoms with Gasteiger partial charge in [0.2, 0.25) is 5.95 Å². The van der Waals surface area contributed by atoms with Crippen LogP contribution < -0.4 is 10.1 Å². The molecular weight excluding hydrogens is 404 g/mol. The molecule has 1 aromatic carbocycles. The summed E-state index contributed by atoms with van der Waals surface area (Å²) in [7, 11) is 0. The number of esters is 1. The lowest BCUT2D eigenvalue weighted by Crippen LogP contribution is -2.42. The maximum absolute atomic E-state index is 12.6. The van der Waals surface area contributed by atoms with Crippen molar-refractivity contribution in [1.82, 2.24) is 25.1 Å². The van der Waals surface area contributed by atoms with Gasteiger partial charge < -0.3 is 24.4 Å². The second kappa shape index (κ2) is 9.13. The van der Waals surface area contributed by atoms with E-state index in [4.69, 9.17) is 14.2 Å². The number of hydrogen-bond acceptors (Lipinski definition) is 9. The second-order valence-corrected chi connectivity index (χ2v) is 7.08. The van der Waals surface area contributed by atoms with Crippen LogP contribution in [0.4, 0.5) is 5.95 Å². The SMILES string of the molecule is CCOC(=O)C1=C(C)Nc2nnnn2C1c1ccc(OCC(=O)N2CCOCC2)cc1. The molecule has 164 valence electrons. The summed E-state index contributed by atoms with van der Waals surface area (Å²) in [6.07, 6.45) is 0. The van der Waals surface area contributed by atoms with Gasteiger partial charge in [-0.05, 0) is 42.0 Å². The molecule has 0 radical (unpaired) electrons. The van der Waals surface area contributed by atoms with Gasteiger partial charge in [-0.3, -0.25) is 4.79 Å². The lowest BCUT2D eigenvalue weighted by molar-refractivity contribution is -0.139. The Morgan fingerprint density at radius 1 is 1.23 bits per heavy atom. The van der Waals surface area contributed by atoms with E-state index in [1.807, 2.05) is 12.1 Å². The quantitative estimate of drug-likeness (QED) is 0.665. The largest absolute Gasteiger partial charge is 0.484 e. The zero-order chi connectivity index (χ0) is 21.8. The summed E-state index contributed by atoms with van der Waals surface area (Å²) in [5.41, 5.74) is 1.84. The maximum Gasteiger partial charge on any atom is 0.338 e. The van der Waals surface area contributed by atoms with Crippen molar-refractivity contribution in [3.63, 3.8) is 0 Å². The molecule has 0 bridgehead atoms. The fraction of sp³-hybridized carbons (Fsp3) is 0.450. The van der Waals surface area contributed by atoms with Crippen LogP contribution in [0.5, 0.6) is 5.75 Å². The molecule has 0 aliphatic carbocycles. The van der Waals surface area contributed by atoms with Gasteiger partial charge >= 0.3 is 5.97 Å². The predicted octanol–water partition coefficient (Wildman–Crippen LogP) is 0.763. The molecule has 11 heteroatoms. The van der Waals surface area contributed by atoms with Crippen LogP contribution in [0.2, 0.25) is 0 Å². The van der Waals surface area contributed by atoms with Crippen molar-refractivity contribution < 1.29 is 23.8 Å². The number of amides is 1. The Kier molecular flexibility index (Phi) is 6.12. The van der Waals surface area contributed by atoms with Crippen LogP contribution in [0.3, 0.4) is 0 Å². The molecule has 1 amide bonds. The highest BCUT2D eigenvalue weighted by Gasteiger charge is 2.34. The van der Waals surface area contributed by atoms with Crippen molar-refractivity contribution in [2.75, 3.05) is 44.8 Å². The summed E-state index contributed by atoms with van der Waals surface area (Å²) in [4.78, 5) is 26.6. The van der Waals surface area contributed by atoms with Crippen molar-refractivity contribution >= 4 is 17.8 Å². The molecule has 2 aromatic rings. The molecule has 2 aliphatic heterocycles. The zero-order valence-electron chi connectivity index (χ0n) is 17.4. The fourth-order valence-electron chi connectivity index (χ4n) is 3.59. The van der Waals surface area contributed by atoms with Crippen LogP contribution >= 0.6 is 0 Å². The molecule has 2 aliphatic rings. The van der Waals surface area contributed by atoms with Gasteiger partial charge in [0.05, 0.1) is 25.4 Å². The summed E-state index contributed by atoms with van der Waals surface area (Å²) in [5, 5.41) is 14.7. The number of aromatic nitrogens is 4. The summed E-state index contributed by atoms with van der Waals surface area (Å²) in [6, 6.07) is 6.61. The van der Waals surface area contributed by atoms with Crippen molar-refractivity contribution in [2.24, 2.45) is 0 Å². The topological polar surface area (TPSA) is 121 Å². The Morgan fingerprint density at radius 3 is 2.68 bits per heavy atom. The third kappa shape index (κ3) is 4.36. The normalized spacial score (nSPS) is 18.3. The van der Waals surface area contributed by atoms with E-state index in [2.05, 4.69) is 20.8 Å². The zero-order valence-corrected chi connectivity index (χ0v) is 17.4. The van der Waals surface area contributed by atoms with E-state index in [0.29, 0.717) is 49.3 Å². The molecule has 0 saturated carbocycles. The summed E-state index contributed by atoms with van der Waals surface area (Å²) in [6.45, 7) is 6.00. The van der Waals surface area contributed by atoms with Gasteiger partial charge in [-0.15, -0.1) is 0 Å². The summed E-state index contributed by atoms with van der Waals surface area (Å²) in [5.74, 6) is 0.476. The number of tetrazole rings is 1. The molecule has 11 nitrogen and oxygen atoms in total. The van der Waals surface area contributed by atoms with Crippen LogP contribution in [-0.2, 0) is 19.1 Å². The predicted molar refractivity (Wildman–Crippen MR) is 108 cm³/mol. The number of fused-ring (bicyclic) bond motifs is 1. The first-order chi connectivity index (χ1) is 15.1. The smallest absolute Gasteiger partial charge is 0.338 e. The number of hydrogen-bond donors (Lipinski definition) is 1. The molecule has 1 fully saturated rings. The minimum atomic E-state index is -0.547. The minimum absolute atomic E-state index is 0.0447. The summed E-state index contributed by atoms with van der Waals surface area (Å²) >= 11 is 0. The average molecular weight is 428 g/mol. The van der Waals surface area contributed by atoms with E-state index in [0.717, 1.165) is 5.56 Å². The minimum Gasteiger partial charge on any atom is -0.484 e. The van der Waals surface area contributed by atoms with Gasteiger partial charge in [0, 0.05) is 18.8 Å². The van der Waals surface area contributed by atoms with E-state index >= 15 is 0 Å². The van der Waals surface area contributed by atoms with Gasteiger partial charge in [0.1, 0.15) is 11.8 Å². The van der Waals surface area contributed by atoms with Gasteiger partial charge in [-0.25, -0.2) is 4.79 Å². The highest BCUT2D eigenvalue weighted by Crippen LogP contribution is 2.35. The molecule has 1 N–H and O–H groups in total. The van der Waals surface area contributed by atoms with Crippen molar-refractivity contribution in [3.05, 3.63) is 41.1 Å². The number of ether oxygens (including phenoxy) is 3. The van der Waals surface area contributed by atoms with Crippen LogP contribution in [0.25, 0.3) is 0 Å². The lowest BCUT2D eigenvalue weighted by atomic mass is 9.96. The fourth-order valence-corrected chi connectivity index (χ4v) is 3.59. The van der Waals surface area contributed by atoms with E-state index in [1.165, 1.54) is 4.68 Å². The Hall–Kier alpha value is -3.47. The lowest BCUT2D eigenvalue weighted by Gasteiger charge is -2.27. The monoisotopic (exact) mass is 428 g/mol.